The van der Waals surface area contributed by atoms with Gasteiger partial charge >= 0.3 is 7.12 Å². The van der Waals surface area contributed by atoms with Gasteiger partial charge < -0.3 is 13.9 Å². The summed E-state index contributed by atoms with van der Waals surface area (Å²) in [6.45, 7) is 7.81. The van der Waals surface area contributed by atoms with Gasteiger partial charge in [-0.2, -0.15) is 0 Å². The Labute approximate surface area is 118 Å². The van der Waals surface area contributed by atoms with Crippen LogP contribution >= 0.6 is 0 Å². The molecule has 0 unspecified atom stereocenters. The van der Waals surface area contributed by atoms with Crippen molar-refractivity contribution in [3.63, 3.8) is 0 Å². The van der Waals surface area contributed by atoms with Crippen LogP contribution in [-0.4, -0.2) is 27.9 Å². The standard InChI is InChI=1S/C14H18BFN2O2/c1-13(2)14(3,4)20-15(19-13)11-9-6-7-18(5)12(9)17-8-10(11)16/h6-8H,1-5H3. The second-order valence-corrected chi connectivity index (χ2v) is 6.27. The molecule has 0 spiro atoms. The fourth-order valence-electron chi connectivity index (χ4n) is 2.41. The van der Waals surface area contributed by atoms with E-state index in [4.69, 9.17) is 9.31 Å². The molecule has 0 amide bonds. The Morgan fingerprint density at radius 1 is 1.20 bits per heavy atom. The van der Waals surface area contributed by atoms with Gasteiger partial charge in [0, 0.05) is 24.1 Å². The first-order valence-electron chi connectivity index (χ1n) is 6.68. The van der Waals surface area contributed by atoms with Gasteiger partial charge in [-0.15, -0.1) is 0 Å². The number of hydrogen-bond donors (Lipinski definition) is 0. The average molecular weight is 276 g/mol. The quantitative estimate of drug-likeness (QED) is 0.747. The Bertz CT molecular complexity index is 665. The lowest BCUT2D eigenvalue weighted by Gasteiger charge is -2.32. The lowest BCUT2D eigenvalue weighted by Crippen LogP contribution is -2.41. The highest BCUT2D eigenvalue weighted by atomic mass is 19.1. The van der Waals surface area contributed by atoms with E-state index in [1.54, 1.807) is 0 Å². The summed E-state index contributed by atoms with van der Waals surface area (Å²) in [5, 5.41) is 0.728. The van der Waals surface area contributed by atoms with Crippen LogP contribution in [0.15, 0.2) is 18.5 Å². The number of nitrogens with zero attached hydrogens (tertiary/aromatic N) is 2. The summed E-state index contributed by atoms with van der Waals surface area (Å²) >= 11 is 0. The predicted octanol–water partition coefficient (Wildman–Crippen LogP) is 2.01. The van der Waals surface area contributed by atoms with E-state index < -0.39 is 24.1 Å². The van der Waals surface area contributed by atoms with Gasteiger partial charge in [0.25, 0.3) is 0 Å². The van der Waals surface area contributed by atoms with Gasteiger partial charge in [0.15, 0.2) is 0 Å². The van der Waals surface area contributed by atoms with Crippen molar-refractivity contribution in [2.75, 3.05) is 0 Å². The Balaban J connectivity index is 2.14. The first-order chi connectivity index (χ1) is 9.23. The summed E-state index contributed by atoms with van der Waals surface area (Å²) < 4.78 is 28.0. The highest BCUT2D eigenvalue weighted by molar-refractivity contribution is 6.65. The molecule has 0 bridgehead atoms. The normalized spacial score (nSPS) is 20.8. The van der Waals surface area contributed by atoms with Gasteiger partial charge in [0.05, 0.1) is 17.4 Å². The number of hydrogen-bond acceptors (Lipinski definition) is 3. The molecule has 1 saturated heterocycles. The summed E-state index contributed by atoms with van der Waals surface area (Å²) in [7, 11) is 1.16. The van der Waals surface area contributed by atoms with Crippen LogP contribution in [0.25, 0.3) is 11.0 Å². The van der Waals surface area contributed by atoms with E-state index in [1.165, 1.54) is 6.20 Å². The highest BCUT2D eigenvalue weighted by Crippen LogP contribution is 2.37. The Kier molecular flexibility index (Phi) is 2.75. The smallest absolute Gasteiger partial charge is 0.399 e. The number of rotatable bonds is 1. The molecule has 20 heavy (non-hydrogen) atoms. The van der Waals surface area contributed by atoms with E-state index in [0.29, 0.717) is 5.46 Å². The van der Waals surface area contributed by atoms with E-state index in [-0.39, 0.29) is 0 Å². The Hall–Kier alpha value is -1.40. The third-order valence-electron chi connectivity index (χ3n) is 4.38. The fraction of sp³-hybridized carbons (Fsp3) is 0.500. The zero-order valence-corrected chi connectivity index (χ0v) is 12.4. The number of pyridine rings is 1. The van der Waals surface area contributed by atoms with Crippen LogP contribution in [0, 0.1) is 5.82 Å². The molecule has 2 aromatic rings. The van der Waals surface area contributed by atoms with Crippen LogP contribution in [0.4, 0.5) is 4.39 Å². The van der Waals surface area contributed by atoms with Crippen LogP contribution in [0.1, 0.15) is 27.7 Å². The van der Waals surface area contributed by atoms with Gasteiger partial charge in [-0.1, -0.05) is 0 Å². The summed E-state index contributed by atoms with van der Waals surface area (Å²) in [6.07, 6.45) is 3.08. The van der Waals surface area contributed by atoms with E-state index in [2.05, 4.69) is 4.98 Å². The van der Waals surface area contributed by atoms with Gasteiger partial charge in [-0.05, 0) is 33.8 Å². The number of halogens is 1. The topological polar surface area (TPSA) is 36.3 Å². The SMILES string of the molecule is Cn1ccc2c(B3OC(C)(C)C(C)(C)O3)c(F)cnc21. The largest absolute Gasteiger partial charge is 0.498 e. The van der Waals surface area contributed by atoms with E-state index in [9.17, 15) is 4.39 Å². The van der Waals surface area contributed by atoms with Gasteiger partial charge in [0.1, 0.15) is 11.5 Å². The molecule has 0 N–H and O–H groups in total. The van der Waals surface area contributed by atoms with Crippen molar-refractivity contribution in [3.05, 3.63) is 24.3 Å². The minimum absolute atomic E-state index is 0.401. The number of fused-ring (bicyclic) bond motifs is 1. The molecule has 0 radical (unpaired) electrons. The molecule has 2 aromatic heterocycles. The zero-order valence-electron chi connectivity index (χ0n) is 12.4. The first kappa shape index (κ1) is 13.6. The van der Waals surface area contributed by atoms with Crippen molar-refractivity contribution in [2.45, 2.75) is 38.9 Å². The fourth-order valence-corrected chi connectivity index (χ4v) is 2.41. The maximum atomic E-state index is 14.3. The molecular weight excluding hydrogens is 258 g/mol. The molecule has 0 atom stereocenters. The molecule has 0 aliphatic carbocycles. The van der Waals surface area contributed by atoms with Crippen LogP contribution in [0.2, 0.25) is 0 Å². The molecule has 1 aliphatic heterocycles. The zero-order chi connectivity index (χ0) is 14.7. The van der Waals surface area contributed by atoms with Crippen molar-refractivity contribution in [1.82, 2.24) is 9.55 Å². The van der Waals surface area contributed by atoms with Crippen LogP contribution in [0.5, 0.6) is 0 Å². The van der Waals surface area contributed by atoms with Crippen molar-refractivity contribution >= 4 is 23.6 Å². The lowest BCUT2D eigenvalue weighted by molar-refractivity contribution is 0.00578. The Morgan fingerprint density at radius 3 is 2.40 bits per heavy atom. The van der Waals surface area contributed by atoms with E-state index in [1.807, 2.05) is 51.6 Å². The molecule has 1 aliphatic rings. The lowest BCUT2D eigenvalue weighted by atomic mass is 9.77. The molecule has 4 nitrogen and oxygen atoms in total. The molecule has 0 aromatic carbocycles. The van der Waals surface area contributed by atoms with Crippen molar-refractivity contribution in [2.24, 2.45) is 7.05 Å². The van der Waals surface area contributed by atoms with Gasteiger partial charge in [-0.3, -0.25) is 0 Å². The minimum Gasteiger partial charge on any atom is -0.399 e. The third kappa shape index (κ3) is 1.78. The average Bonchev–Trinajstić information content (AvgIpc) is 2.78. The predicted molar refractivity (Wildman–Crippen MR) is 76.4 cm³/mol. The summed E-state index contributed by atoms with van der Waals surface area (Å²) in [5.74, 6) is -0.401. The number of aryl methyl sites for hydroxylation is 1. The van der Waals surface area contributed by atoms with Crippen LogP contribution in [0.3, 0.4) is 0 Å². The van der Waals surface area contributed by atoms with Gasteiger partial charge in [0.2, 0.25) is 0 Å². The van der Waals surface area contributed by atoms with Crippen molar-refractivity contribution in [1.29, 1.82) is 0 Å². The molecule has 0 saturated carbocycles. The second kappa shape index (κ2) is 4.05. The molecule has 6 heteroatoms. The minimum atomic E-state index is -0.715. The summed E-state index contributed by atoms with van der Waals surface area (Å²) in [6, 6.07) is 1.84. The van der Waals surface area contributed by atoms with Gasteiger partial charge in [-0.25, -0.2) is 9.37 Å². The van der Waals surface area contributed by atoms with Crippen molar-refractivity contribution in [3.8, 4) is 0 Å². The molecule has 1 fully saturated rings. The maximum Gasteiger partial charge on any atom is 0.498 e. The molecular formula is C14H18BFN2O2. The monoisotopic (exact) mass is 276 g/mol. The van der Waals surface area contributed by atoms with Crippen LogP contribution < -0.4 is 5.46 Å². The summed E-state index contributed by atoms with van der Waals surface area (Å²) in [4.78, 5) is 4.12. The molecule has 3 heterocycles. The first-order valence-corrected chi connectivity index (χ1v) is 6.68. The van der Waals surface area contributed by atoms with Crippen molar-refractivity contribution < 1.29 is 13.7 Å². The molecule has 106 valence electrons. The number of aromatic nitrogens is 2. The maximum absolute atomic E-state index is 14.3. The summed E-state index contributed by atoms with van der Waals surface area (Å²) in [5.41, 5.74) is 0.161. The van der Waals surface area contributed by atoms with E-state index in [0.717, 1.165) is 11.0 Å². The Morgan fingerprint density at radius 2 is 1.80 bits per heavy atom. The van der Waals surface area contributed by atoms with E-state index >= 15 is 0 Å². The highest BCUT2D eigenvalue weighted by Gasteiger charge is 2.53. The second-order valence-electron chi connectivity index (χ2n) is 6.27. The molecule has 3 rings (SSSR count). The van der Waals surface area contributed by atoms with Crippen LogP contribution in [-0.2, 0) is 16.4 Å². The third-order valence-corrected chi connectivity index (χ3v) is 4.38.